The number of aryl methyl sites for hydroxylation is 1. The highest BCUT2D eigenvalue weighted by Crippen LogP contribution is 2.15. The zero-order chi connectivity index (χ0) is 22.8. The van der Waals surface area contributed by atoms with E-state index in [-0.39, 0.29) is 43.8 Å². The number of aliphatic carboxylic acids is 1. The van der Waals surface area contributed by atoms with Crippen LogP contribution in [0.3, 0.4) is 0 Å². The molecule has 0 saturated carbocycles. The number of benzene rings is 2. The zero-order valence-electron chi connectivity index (χ0n) is 17.5. The standard InChI is InChI=1S/C22H26N4O5/c1-15-5-3-4-6-18(15)25-22(31)24-17-9-7-16(8-10-17)13-19(27)23-14-20(28)26(2)12-11-21(29)30/h3-10H,11-14H2,1-2H3,(H,23,27)(H,29,30)(H2,24,25,31). The van der Waals surface area contributed by atoms with Crippen LogP contribution in [-0.2, 0) is 20.8 Å². The summed E-state index contributed by atoms with van der Waals surface area (Å²) in [7, 11) is 1.48. The highest BCUT2D eigenvalue weighted by Gasteiger charge is 2.12. The summed E-state index contributed by atoms with van der Waals surface area (Å²) in [5.74, 6) is -1.69. The van der Waals surface area contributed by atoms with Crippen molar-refractivity contribution in [3.63, 3.8) is 0 Å². The summed E-state index contributed by atoms with van der Waals surface area (Å²) in [5, 5.41) is 16.7. The smallest absolute Gasteiger partial charge is 0.323 e. The minimum absolute atomic E-state index is 0.0712. The Labute approximate surface area is 180 Å². The molecule has 2 aromatic rings. The van der Waals surface area contributed by atoms with Gasteiger partial charge in [-0.15, -0.1) is 0 Å². The molecule has 2 aromatic carbocycles. The van der Waals surface area contributed by atoms with E-state index >= 15 is 0 Å². The van der Waals surface area contributed by atoms with Gasteiger partial charge in [-0.1, -0.05) is 30.3 Å². The molecule has 4 N–H and O–H groups in total. The average Bonchev–Trinajstić information content (AvgIpc) is 2.73. The van der Waals surface area contributed by atoms with Crippen LogP contribution >= 0.6 is 0 Å². The second kappa shape index (κ2) is 11.3. The number of carboxylic acid groups (broad SMARTS) is 1. The molecule has 4 amide bonds. The van der Waals surface area contributed by atoms with Crippen LogP contribution < -0.4 is 16.0 Å². The van der Waals surface area contributed by atoms with Gasteiger partial charge in [0.15, 0.2) is 0 Å². The van der Waals surface area contributed by atoms with Gasteiger partial charge in [-0.2, -0.15) is 0 Å². The monoisotopic (exact) mass is 426 g/mol. The highest BCUT2D eigenvalue weighted by atomic mass is 16.4. The lowest BCUT2D eigenvalue weighted by molar-refractivity contribution is -0.138. The predicted octanol–water partition coefficient (Wildman–Crippen LogP) is 2.23. The zero-order valence-corrected chi connectivity index (χ0v) is 17.5. The van der Waals surface area contributed by atoms with E-state index in [1.54, 1.807) is 24.3 Å². The molecule has 0 bridgehead atoms. The van der Waals surface area contributed by atoms with Crippen LogP contribution in [0.15, 0.2) is 48.5 Å². The molecule has 0 aliphatic carbocycles. The molecule has 0 aliphatic rings. The predicted molar refractivity (Wildman–Crippen MR) is 117 cm³/mol. The molecular formula is C22H26N4O5. The largest absolute Gasteiger partial charge is 0.481 e. The second-order valence-electron chi connectivity index (χ2n) is 7.00. The molecule has 2 rings (SSSR count). The lowest BCUT2D eigenvalue weighted by atomic mass is 10.1. The summed E-state index contributed by atoms with van der Waals surface area (Å²) < 4.78 is 0. The molecule has 0 spiro atoms. The van der Waals surface area contributed by atoms with Gasteiger partial charge in [-0.05, 0) is 36.2 Å². The van der Waals surface area contributed by atoms with E-state index in [2.05, 4.69) is 16.0 Å². The Kier molecular flexibility index (Phi) is 8.56. The Balaban J connectivity index is 1.77. The van der Waals surface area contributed by atoms with Gasteiger partial charge in [0.05, 0.1) is 19.4 Å². The number of rotatable bonds is 9. The lowest BCUT2D eigenvalue weighted by Crippen LogP contribution is -2.39. The van der Waals surface area contributed by atoms with Crippen LogP contribution in [-0.4, -0.2) is 54.0 Å². The molecular weight excluding hydrogens is 400 g/mol. The maximum absolute atomic E-state index is 12.1. The minimum Gasteiger partial charge on any atom is -0.481 e. The van der Waals surface area contributed by atoms with E-state index in [1.165, 1.54) is 11.9 Å². The number of anilines is 2. The molecule has 0 aliphatic heterocycles. The van der Waals surface area contributed by atoms with Crippen molar-refractivity contribution in [2.75, 3.05) is 30.8 Å². The van der Waals surface area contributed by atoms with Gasteiger partial charge in [-0.3, -0.25) is 14.4 Å². The van der Waals surface area contributed by atoms with Crippen LogP contribution in [0.1, 0.15) is 17.5 Å². The Morgan fingerprint density at radius 3 is 2.29 bits per heavy atom. The first-order chi connectivity index (χ1) is 14.7. The maximum Gasteiger partial charge on any atom is 0.323 e. The SMILES string of the molecule is Cc1ccccc1NC(=O)Nc1ccc(CC(=O)NCC(=O)N(C)CCC(=O)O)cc1. The number of nitrogens with zero attached hydrogens (tertiary/aromatic N) is 1. The van der Waals surface area contributed by atoms with Crippen molar-refractivity contribution in [2.45, 2.75) is 19.8 Å². The molecule has 9 nitrogen and oxygen atoms in total. The van der Waals surface area contributed by atoms with Gasteiger partial charge in [0.25, 0.3) is 0 Å². The number of likely N-dealkylation sites (N-methyl/N-ethyl adjacent to an activating group) is 1. The Morgan fingerprint density at radius 1 is 0.968 bits per heavy atom. The molecule has 0 fully saturated rings. The van der Waals surface area contributed by atoms with E-state index in [0.29, 0.717) is 11.3 Å². The van der Waals surface area contributed by atoms with Crippen molar-refractivity contribution < 1.29 is 24.3 Å². The fraction of sp³-hybridized carbons (Fsp3) is 0.273. The Morgan fingerprint density at radius 2 is 1.65 bits per heavy atom. The third kappa shape index (κ3) is 8.17. The number of urea groups is 1. The summed E-state index contributed by atoms with van der Waals surface area (Å²) >= 11 is 0. The van der Waals surface area contributed by atoms with Crippen LogP contribution in [0, 0.1) is 6.92 Å². The fourth-order valence-electron chi connectivity index (χ4n) is 2.65. The first kappa shape index (κ1) is 23.4. The molecule has 0 unspecified atom stereocenters. The number of amides is 4. The third-order valence-corrected chi connectivity index (χ3v) is 4.49. The van der Waals surface area contributed by atoms with E-state index in [1.807, 2.05) is 31.2 Å². The van der Waals surface area contributed by atoms with Crippen molar-refractivity contribution in [3.8, 4) is 0 Å². The topological polar surface area (TPSA) is 128 Å². The molecule has 0 radical (unpaired) electrons. The van der Waals surface area contributed by atoms with Crippen molar-refractivity contribution in [1.29, 1.82) is 0 Å². The third-order valence-electron chi connectivity index (χ3n) is 4.49. The van der Waals surface area contributed by atoms with Crippen LogP contribution in [0.5, 0.6) is 0 Å². The molecule has 0 heterocycles. The average molecular weight is 426 g/mol. The first-order valence-electron chi connectivity index (χ1n) is 9.69. The van der Waals surface area contributed by atoms with Gasteiger partial charge in [0, 0.05) is 25.0 Å². The minimum atomic E-state index is -0.991. The number of nitrogens with one attached hydrogen (secondary N) is 3. The summed E-state index contributed by atoms with van der Waals surface area (Å²) in [4.78, 5) is 47.9. The van der Waals surface area contributed by atoms with Crippen molar-refractivity contribution >= 4 is 35.2 Å². The molecule has 0 saturated heterocycles. The molecule has 164 valence electrons. The van der Waals surface area contributed by atoms with Crippen molar-refractivity contribution in [3.05, 3.63) is 59.7 Å². The van der Waals surface area contributed by atoms with Crippen LogP contribution in [0.2, 0.25) is 0 Å². The van der Waals surface area contributed by atoms with Gasteiger partial charge < -0.3 is 26.0 Å². The normalized spacial score (nSPS) is 10.1. The summed E-state index contributed by atoms with van der Waals surface area (Å²) in [6, 6.07) is 13.9. The summed E-state index contributed by atoms with van der Waals surface area (Å²) in [6.07, 6.45) is -0.0820. The number of para-hydroxylation sites is 1. The van der Waals surface area contributed by atoms with E-state index < -0.39 is 5.97 Å². The van der Waals surface area contributed by atoms with E-state index in [0.717, 1.165) is 11.3 Å². The van der Waals surface area contributed by atoms with Crippen LogP contribution in [0.4, 0.5) is 16.2 Å². The number of hydrogen-bond donors (Lipinski definition) is 4. The molecule has 9 heteroatoms. The summed E-state index contributed by atoms with van der Waals surface area (Å²) in [5.41, 5.74) is 2.96. The number of carbonyl (C=O) groups is 4. The molecule has 0 atom stereocenters. The van der Waals surface area contributed by atoms with Crippen LogP contribution in [0.25, 0.3) is 0 Å². The van der Waals surface area contributed by atoms with E-state index in [4.69, 9.17) is 5.11 Å². The first-order valence-corrected chi connectivity index (χ1v) is 9.69. The van der Waals surface area contributed by atoms with Gasteiger partial charge in [-0.25, -0.2) is 4.79 Å². The molecule has 31 heavy (non-hydrogen) atoms. The Bertz CT molecular complexity index is 943. The number of hydrogen-bond acceptors (Lipinski definition) is 4. The van der Waals surface area contributed by atoms with Crippen molar-refractivity contribution in [2.24, 2.45) is 0 Å². The highest BCUT2D eigenvalue weighted by molar-refractivity contribution is 6.00. The van der Waals surface area contributed by atoms with Gasteiger partial charge in [0.1, 0.15) is 0 Å². The number of carbonyl (C=O) groups excluding carboxylic acids is 3. The Hall–Kier alpha value is -3.88. The molecule has 0 aromatic heterocycles. The quantitative estimate of drug-likeness (QED) is 0.489. The second-order valence-corrected chi connectivity index (χ2v) is 7.00. The van der Waals surface area contributed by atoms with Crippen molar-refractivity contribution in [1.82, 2.24) is 10.2 Å². The van der Waals surface area contributed by atoms with Gasteiger partial charge in [0.2, 0.25) is 11.8 Å². The maximum atomic E-state index is 12.1. The summed E-state index contributed by atoms with van der Waals surface area (Å²) in [6.45, 7) is 1.78. The van der Waals surface area contributed by atoms with Gasteiger partial charge >= 0.3 is 12.0 Å². The number of carboxylic acids is 1. The fourth-order valence-corrected chi connectivity index (χ4v) is 2.65. The van der Waals surface area contributed by atoms with E-state index in [9.17, 15) is 19.2 Å². The lowest BCUT2D eigenvalue weighted by Gasteiger charge is -2.16.